The third kappa shape index (κ3) is 3.49. The Labute approximate surface area is 177 Å². The molecule has 4 rings (SSSR count). The van der Waals surface area contributed by atoms with Gasteiger partial charge in [-0.2, -0.15) is 0 Å². The first kappa shape index (κ1) is 20.5. The van der Waals surface area contributed by atoms with E-state index in [-0.39, 0.29) is 5.41 Å². The summed E-state index contributed by atoms with van der Waals surface area (Å²) in [7, 11) is 0. The molecule has 0 heterocycles. The summed E-state index contributed by atoms with van der Waals surface area (Å²) in [4.78, 5) is 0. The van der Waals surface area contributed by atoms with E-state index in [0.29, 0.717) is 17.3 Å². The Kier molecular flexibility index (Phi) is 4.84. The van der Waals surface area contributed by atoms with Gasteiger partial charge in [-0.05, 0) is 85.7 Å². The predicted octanol–water partition coefficient (Wildman–Crippen LogP) is 8.64. The van der Waals surface area contributed by atoms with Crippen molar-refractivity contribution in [2.45, 2.75) is 79.6 Å². The summed E-state index contributed by atoms with van der Waals surface area (Å²) in [5.74, 6) is 2.06. The number of benzene rings is 3. The van der Waals surface area contributed by atoms with Gasteiger partial charge in [0, 0.05) is 0 Å². The van der Waals surface area contributed by atoms with Crippen molar-refractivity contribution in [1.29, 1.82) is 0 Å². The van der Waals surface area contributed by atoms with Crippen molar-refractivity contribution in [2.75, 3.05) is 0 Å². The first-order valence-corrected chi connectivity index (χ1v) is 11.5. The maximum Gasteiger partial charge on any atom is -0.00995 e. The molecule has 2 unspecified atom stereocenters. The van der Waals surface area contributed by atoms with Gasteiger partial charge >= 0.3 is 0 Å². The average molecular weight is 387 g/mol. The zero-order valence-electron chi connectivity index (χ0n) is 19.7. The van der Waals surface area contributed by atoms with Crippen LogP contribution in [0.3, 0.4) is 0 Å². The summed E-state index contributed by atoms with van der Waals surface area (Å²) in [5, 5.41) is 5.77. The summed E-state index contributed by atoms with van der Waals surface area (Å²) < 4.78 is 0. The largest absolute Gasteiger partial charge is 0.0622 e. The molecular formula is C29H38. The Balaban J connectivity index is 2.12. The molecule has 0 fully saturated rings. The number of rotatable bonds is 1. The maximum absolute atomic E-state index is 2.48. The molecule has 0 aliphatic heterocycles. The Morgan fingerprint density at radius 3 is 2.17 bits per heavy atom. The van der Waals surface area contributed by atoms with Gasteiger partial charge in [-0.15, -0.1) is 0 Å². The van der Waals surface area contributed by atoms with E-state index in [9.17, 15) is 0 Å². The van der Waals surface area contributed by atoms with Crippen LogP contribution in [-0.2, 0) is 11.8 Å². The molecule has 0 N–H and O–H groups in total. The molecule has 1 aliphatic rings. The molecule has 154 valence electrons. The fraction of sp³-hybridized carbons (Fsp3) is 0.517. The van der Waals surface area contributed by atoms with Gasteiger partial charge in [0.25, 0.3) is 0 Å². The zero-order valence-corrected chi connectivity index (χ0v) is 19.7. The van der Waals surface area contributed by atoms with Crippen LogP contribution in [0.5, 0.6) is 0 Å². The van der Waals surface area contributed by atoms with E-state index >= 15 is 0 Å². The lowest BCUT2D eigenvalue weighted by Gasteiger charge is -2.41. The summed E-state index contributed by atoms with van der Waals surface area (Å²) in [5.41, 5.74) is 5.24. The first-order chi connectivity index (χ1) is 13.5. The Morgan fingerprint density at radius 2 is 1.55 bits per heavy atom. The topological polar surface area (TPSA) is 0 Å². The van der Waals surface area contributed by atoms with Crippen LogP contribution >= 0.6 is 0 Å². The van der Waals surface area contributed by atoms with E-state index in [0.717, 1.165) is 5.92 Å². The van der Waals surface area contributed by atoms with Crippen LogP contribution in [0.2, 0.25) is 0 Å². The highest BCUT2D eigenvalue weighted by Crippen LogP contribution is 2.49. The minimum atomic E-state index is 0.124. The number of hydrogen-bond donors (Lipinski definition) is 0. The zero-order chi connectivity index (χ0) is 21.1. The van der Waals surface area contributed by atoms with Crippen LogP contribution in [-0.4, -0.2) is 0 Å². The van der Waals surface area contributed by atoms with Gasteiger partial charge in [-0.3, -0.25) is 0 Å². The smallest absolute Gasteiger partial charge is 0.00995 e. The highest BCUT2D eigenvalue weighted by Gasteiger charge is 2.36. The Morgan fingerprint density at radius 1 is 0.862 bits per heavy atom. The third-order valence-electron chi connectivity index (χ3n) is 7.40. The summed E-state index contributed by atoms with van der Waals surface area (Å²) >= 11 is 0. The van der Waals surface area contributed by atoms with Crippen molar-refractivity contribution >= 4 is 21.5 Å². The van der Waals surface area contributed by atoms with Crippen molar-refractivity contribution in [2.24, 2.45) is 17.3 Å². The molecule has 1 aliphatic carbocycles. The molecule has 0 saturated carbocycles. The molecule has 2 atom stereocenters. The van der Waals surface area contributed by atoms with E-state index < -0.39 is 0 Å². The molecule has 0 nitrogen and oxygen atoms in total. The number of fused-ring (bicyclic) bond motifs is 5. The van der Waals surface area contributed by atoms with Crippen molar-refractivity contribution in [1.82, 2.24) is 0 Å². The molecule has 29 heavy (non-hydrogen) atoms. The van der Waals surface area contributed by atoms with E-state index in [1.54, 1.807) is 16.5 Å². The molecule has 0 radical (unpaired) electrons. The molecule has 3 aromatic rings. The second kappa shape index (κ2) is 6.86. The van der Waals surface area contributed by atoms with E-state index in [1.165, 1.54) is 34.6 Å². The standard InChI is InChI=1S/C29H38/c1-18(2)24-16-20(28(3,4)5)17-25-22(24)13-14-23-21-12-10-9-11-19(21)15-26(27(23)25)29(6,7)8/h9-15,18,20,24H,16-17H2,1-8H3. The maximum atomic E-state index is 2.48. The van der Waals surface area contributed by atoms with Crippen LogP contribution in [0.15, 0.2) is 42.5 Å². The van der Waals surface area contributed by atoms with Crippen molar-refractivity contribution in [3.8, 4) is 0 Å². The average Bonchev–Trinajstić information content (AvgIpc) is 2.64. The first-order valence-electron chi connectivity index (χ1n) is 11.5. The van der Waals surface area contributed by atoms with E-state index in [2.05, 4.69) is 97.9 Å². The molecule has 0 bridgehead atoms. The van der Waals surface area contributed by atoms with Crippen molar-refractivity contribution in [3.63, 3.8) is 0 Å². The highest BCUT2D eigenvalue weighted by atomic mass is 14.4. The fourth-order valence-electron chi connectivity index (χ4n) is 5.50. The molecule has 0 saturated heterocycles. The monoisotopic (exact) mass is 386 g/mol. The Bertz CT molecular complexity index is 1050. The lowest BCUT2D eigenvalue weighted by atomic mass is 9.63. The lowest BCUT2D eigenvalue weighted by Crippen LogP contribution is -2.31. The summed E-state index contributed by atoms with van der Waals surface area (Å²) in [6.45, 7) is 19.3. The van der Waals surface area contributed by atoms with Gasteiger partial charge in [0.2, 0.25) is 0 Å². The highest BCUT2D eigenvalue weighted by molar-refractivity contribution is 6.10. The second-order valence-electron chi connectivity index (χ2n) is 11.8. The molecule has 3 aromatic carbocycles. The van der Waals surface area contributed by atoms with Crippen molar-refractivity contribution < 1.29 is 0 Å². The third-order valence-corrected chi connectivity index (χ3v) is 7.40. The summed E-state index contributed by atoms with van der Waals surface area (Å²) in [6, 6.07) is 16.3. The second-order valence-corrected chi connectivity index (χ2v) is 11.8. The van der Waals surface area contributed by atoms with Crippen LogP contribution < -0.4 is 0 Å². The minimum Gasteiger partial charge on any atom is -0.0622 e. The van der Waals surface area contributed by atoms with Crippen LogP contribution in [0.1, 0.15) is 84.4 Å². The molecule has 0 heteroatoms. The van der Waals surface area contributed by atoms with Gasteiger partial charge in [0.05, 0.1) is 0 Å². The normalized spacial score (nSPS) is 20.4. The van der Waals surface area contributed by atoms with Gasteiger partial charge in [0.15, 0.2) is 0 Å². The van der Waals surface area contributed by atoms with E-state index in [1.807, 2.05) is 0 Å². The van der Waals surface area contributed by atoms with Gasteiger partial charge < -0.3 is 0 Å². The number of hydrogen-bond acceptors (Lipinski definition) is 0. The fourth-order valence-corrected chi connectivity index (χ4v) is 5.50. The molecule has 0 amide bonds. The molecular weight excluding hydrogens is 348 g/mol. The van der Waals surface area contributed by atoms with Crippen LogP contribution in [0, 0.1) is 17.3 Å². The van der Waals surface area contributed by atoms with Gasteiger partial charge in [-0.1, -0.05) is 91.8 Å². The molecule has 0 spiro atoms. The predicted molar refractivity (Wildman–Crippen MR) is 129 cm³/mol. The van der Waals surface area contributed by atoms with Gasteiger partial charge in [-0.25, -0.2) is 0 Å². The Hall–Kier alpha value is -1.82. The molecule has 0 aromatic heterocycles. The minimum absolute atomic E-state index is 0.124. The van der Waals surface area contributed by atoms with Crippen molar-refractivity contribution in [3.05, 3.63) is 59.2 Å². The SMILES string of the molecule is CC(C)C1CC(C(C)(C)C)Cc2c1ccc1c2c(C(C)(C)C)cc2ccccc21. The van der Waals surface area contributed by atoms with Gasteiger partial charge in [0.1, 0.15) is 0 Å². The quantitative estimate of drug-likeness (QED) is 0.367. The summed E-state index contributed by atoms with van der Waals surface area (Å²) in [6.07, 6.45) is 2.53. The van der Waals surface area contributed by atoms with Crippen LogP contribution in [0.25, 0.3) is 21.5 Å². The van der Waals surface area contributed by atoms with E-state index in [4.69, 9.17) is 0 Å². The van der Waals surface area contributed by atoms with Crippen LogP contribution in [0.4, 0.5) is 0 Å². The lowest BCUT2D eigenvalue weighted by molar-refractivity contribution is 0.187.